The molecule has 0 bridgehead atoms. The van der Waals surface area contributed by atoms with Crippen LogP contribution in [-0.2, 0) is 9.59 Å². The number of ether oxygens (including phenoxy) is 2. The van der Waals surface area contributed by atoms with Crippen molar-refractivity contribution >= 4 is 23.2 Å². The number of carbonyl (C=O) groups is 2. The number of carbonyl (C=O) groups excluding carboxylic acids is 2. The second kappa shape index (κ2) is 7.70. The predicted molar refractivity (Wildman–Crippen MR) is 105 cm³/mol. The summed E-state index contributed by atoms with van der Waals surface area (Å²) in [4.78, 5) is 26.6. The molecule has 1 N–H and O–H groups in total. The van der Waals surface area contributed by atoms with Gasteiger partial charge in [0.2, 0.25) is 5.91 Å². The molecular formula is C21H24N2O4. The molecule has 0 radical (unpaired) electrons. The van der Waals surface area contributed by atoms with Crippen LogP contribution in [0.2, 0.25) is 0 Å². The molecule has 1 saturated heterocycles. The summed E-state index contributed by atoms with van der Waals surface area (Å²) in [6, 6.07) is 12.3. The van der Waals surface area contributed by atoms with Crippen molar-refractivity contribution in [2.45, 2.75) is 32.2 Å². The lowest BCUT2D eigenvalue weighted by Gasteiger charge is -2.18. The van der Waals surface area contributed by atoms with Crippen molar-refractivity contribution < 1.29 is 19.1 Å². The van der Waals surface area contributed by atoms with Crippen molar-refractivity contribution in [3.63, 3.8) is 0 Å². The molecule has 0 spiro atoms. The number of amides is 2. The van der Waals surface area contributed by atoms with Gasteiger partial charge in [-0.1, -0.05) is 26.0 Å². The lowest BCUT2D eigenvalue weighted by atomic mass is 10.0. The summed E-state index contributed by atoms with van der Waals surface area (Å²) in [5.41, 5.74) is 2.48. The van der Waals surface area contributed by atoms with Crippen LogP contribution in [0.5, 0.6) is 11.5 Å². The Morgan fingerprint density at radius 3 is 2.44 bits per heavy atom. The number of methoxy groups -OCH3 is 2. The van der Waals surface area contributed by atoms with E-state index in [1.165, 1.54) is 24.7 Å². The van der Waals surface area contributed by atoms with Crippen molar-refractivity contribution in [3.8, 4) is 11.5 Å². The standard InChI is InChI=1S/C21H24N2O4/c1-13(2)14-6-5-7-15(10-14)22-17-12-20(24)23(21(17)25)16-8-9-18(26-3)19(11-16)27-4/h5-11,13,17,22H,12H2,1-4H3/t17-/m0/s1. The summed E-state index contributed by atoms with van der Waals surface area (Å²) in [5.74, 6) is 0.875. The van der Waals surface area contributed by atoms with E-state index in [2.05, 4.69) is 19.2 Å². The first-order valence-electron chi connectivity index (χ1n) is 8.90. The molecule has 142 valence electrons. The van der Waals surface area contributed by atoms with E-state index in [1.807, 2.05) is 24.3 Å². The SMILES string of the molecule is COc1ccc(N2C(=O)C[C@H](Nc3cccc(C(C)C)c3)C2=O)cc1OC. The molecule has 0 aromatic heterocycles. The maximum Gasteiger partial charge on any atom is 0.256 e. The molecule has 2 amide bonds. The fraction of sp³-hybridized carbons (Fsp3) is 0.333. The third-order valence-electron chi connectivity index (χ3n) is 4.67. The highest BCUT2D eigenvalue weighted by Gasteiger charge is 2.39. The van der Waals surface area contributed by atoms with Crippen LogP contribution in [-0.4, -0.2) is 32.1 Å². The van der Waals surface area contributed by atoms with Gasteiger partial charge in [0.25, 0.3) is 5.91 Å². The van der Waals surface area contributed by atoms with Crippen molar-refractivity contribution in [3.05, 3.63) is 48.0 Å². The predicted octanol–water partition coefficient (Wildman–Crippen LogP) is 3.57. The maximum atomic E-state index is 12.9. The van der Waals surface area contributed by atoms with Gasteiger partial charge in [-0.05, 0) is 35.7 Å². The van der Waals surface area contributed by atoms with Crippen LogP contribution in [0, 0.1) is 0 Å². The van der Waals surface area contributed by atoms with Crippen molar-refractivity contribution in [2.24, 2.45) is 0 Å². The molecule has 6 heteroatoms. The normalized spacial score (nSPS) is 16.8. The molecule has 1 aliphatic rings. The summed E-state index contributed by atoms with van der Waals surface area (Å²) in [6.07, 6.45) is 0.110. The third kappa shape index (κ3) is 3.74. The Morgan fingerprint density at radius 1 is 1.04 bits per heavy atom. The smallest absolute Gasteiger partial charge is 0.256 e. The molecule has 0 unspecified atom stereocenters. The number of nitrogens with one attached hydrogen (secondary N) is 1. The molecule has 6 nitrogen and oxygen atoms in total. The van der Waals surface area contributed by atoms with E-state index in [1.54, 1.807) is 18.2 Å². The highest BCUT2D eigenvalue weighted by atomic mass is 16.5. The Morgan fingerprint density at radius 2 is 1.78 bits per heavy atom. The quantitative estimate of drug-likeness (QED) is 0.790. The molecule has 1 aliphatic heterocycles. The van der Waals surface area contributed by atoms with E-state index in [0.29, 0.717) is 23.1 Å². The van der Waals surface area contributed by atoms with E-state index in [-0.39, 0.29) is 18.2 Å². The molecule has 2 aromatic carbocycles. The number of anilines is 2. The van der Waals surface area contributed by atoms with Crippen LogP contribution in [0.1, 0.15) is 31.7 Å². The van der Waals surface area contributed by atoms with Gasteiger partial charge in [-0.3, -0.25) is 9.59 Å². The number of rotatable bonds is 6. The Balaban J connectivity index is 1.82. The molecule has 2 aromatic rings. The molecule has 3 rings (SSSR count). The van der Waals surface area contributed by atoms with Crippen LogP contribution in [0.3, 0.4) is 0 Å². The fourth-order valence-electron chi connectivity index (χ4n) is 3.17. The van der Waals surface area contributed by atoms with Crippen molar-refractivity contribution in [2.75, 3.05) is 24.4 Å². The highest BCUT2D eigenvalue weighted by Crippen LogP contribution is 2.34. The number of benzene rings is 2. The number of hydrogen-bond donors (Lipinski definition) is 1. The van der Waals surface area contributed by atoms with Crippen LogP contribution in [0.15, 0.2) is 42.5 Å². The zero-order chi connectivity index (χ0) is 19.6. The van der Waals surface area contributed by atoms with Crippen LogP contribution in [0.25, 0.3) is 0 Å². The maximum absolute atomic E-state index is 12.9. The van der Waals surface area contributed by atoms with Crippen LogP contribution >= 0.6 is 0 Å². The van der Waals surface area contributed by atoms with E-state index in [0.717, 1.165) is 5.69 Å². The highest BCUT2D eigenvalue weighted by molar-refractivity contribution is 6.23. The molecule has 1 atom stereocenters. The van der Waals surface area contributed by atoms with Gasteiger partial charge in [-0.15, -0.1) is 0 Å². The average Bonchev–Trinajstić information content (AvgIpc) is 2.94. The number of hydrogen-bond acceptors (Lipinski definition) is 5. The van der Waals surface area contributed by atoms with Crippen molar-refractivity contribution in [1.82, 2.24) is 0 Å². The van der Waals surface area contributed by atoms with Gasteiger partial charge < -0.3 is 14.8 Å². The summed E-state index contributed by atoms with van der Waals surface area (Å²) in [7, 11) is 3.05. The molecule has 0 aliphatic carbocycles. The van der Waals surface area contributed by atoms with Gasteiger partial charge in [0.1, 0.15) is 6.04 Å². The minimum absolute atomic E-state index is 0.110. The largest absolute Gasteiger partial charge is 0.493 e. The molecule has 27 heavy (non-hydrogen) atoms. The van der Waals surface area contributed by atoms with Gasteiger partial charge in [0, 0.05) is 11.8 Å². The van der Waals surface area contributed by atoms with Gasteiger partial charge in [-0.25, -0.2) is 4.90 Å². The summed E-state index contributed by atoms with van der Waals surface area (Å²) in [5, 5.41) is 3.20. The van der Waals surface area contributed by atoms with Crippen LogP contribution < -0.4 is 19.7 Å². The first-order chi connectivity index (χ1) is 12.9. The lowest BCUT2D eigenvalue weighted by molar-refractivity contribution is -0.121. The van der Waals surface area contributed by atoms with E-state index >= 15 is 0 Å². The summed E-state index contributed by atoms with van der Waals surface area (Å²) in [6.45, 7) is 4.23. The average molecular weight is 368 g/mol. The van der Waals surface area contributed by atoms with Crippen LogP contribution in [0.4, 0.5) is 11.4 Å². The second-order valence-electron chi connectivity index (χ2n) is 6.79. The molecule has 0 saturated carbocycles. The first kappa shape index (κ1) is 18.8. The van der Waals surface area contributed by atoms with E-state index < -0.39 is 6.04 Å². The van der Waals surface area contributed by atoms with Gasteiger partial charge in [-0.2, -0.15) is 0 Å². The topological polar surface area (TPSA) is 67.9 Å². The summed E-state index contributed by atoms with van der Waals surface area (Å²) < 4.78 is 10.5. The summed E-state index contributed by atoms with van der Waals surface area (Å²) >= 11 is 0. The third-order valence-corrected chi connectivity index (χ3v) is 4.67. The fourth-order valence-corrected chi connectivity index (χ4v) is 3.17. The monoisotopic (exact) mass is 368 g/mol. The Hall–Kier alpha value is -3.02. The van der Waals surface area contributed by atoms with E-state index in [4.69, 9.17) is 9.47 Å². The minimum atomic E-state index is -0.590. The second-order valence-corrected chi connectivity index (χ2v) is 6.79. The van der Waals surface area contributed by atoms with E-state index in [9.17, 15) is 9.59 Å². The molecule has 1 heterocycles. The first-order valence-corrected chi connectivity index (χ1v) is 8.90. The molecular weight excluding hydrogens is 344 g/mol. The minimum Gasteiger partial charge on any atom is -0.493 e. The number of imide groups is 1. The Labute approximate surface area is 159 Å². The van der Waals surface area contributed by atoms with Crippen molar-refractivity contribution in [1.29, 1.82) is 0 Å². The Kier molecular flexibility index (Phi) is 5.35. The zero-order valence-electron chi connectivity index (χ0n) is 16.0. The Bertz CT molecular complexity index is 863. The lowest BCUT2D eigenvalue weighted by Crippen LogP contribution is -2.34. The zero-order valence-corrected chi connectivity index (χ0v) is 16.0. The van der Waals surface area contributed by atoms with Gasteiger partial charge in [0.05, 0.1) is 26.3 Å². The number of nitrogens with zero attached hydrogens (tertiary/aromatic N) is 1. The van der Waals surface area contributed by atoms with Gasteiger partial charge in [0.15, 0.2) is 11.5 Å². The van der Waals surface area contributed by atoms with Gasteiger partial charge >= 0.3 is 0 Å². The molecule has 1 fully saturated rings.